The largest absolute Gasteiger partial charge is 0.480 e. The molecule has 4 unspecified atom stereocenters. The monoisotopic (exact) mass is 461 g/mol. The fourth-order valence-electron chi connectivity index (χ4n) is 2.82. The Morgan fingerprint density at radius 2 is 1.52 bits per heavy atom. The summed E-state index contributed by atoms with van der Waals surface area (Å²) in [6.45, 7) is 5.80. The number of amides is 3. The second-order valence-corrected chi connectivity index (χ2v) is 8.98. The summed E-state index contributed by atoms with van der Waals surface area (Å²) in [6.07, 6.45) is 4.21. The molecule has 0 saturated heterocycles. The summed E-state index contributed by atoms with van der Waals surface area (Å²) in [5.41, 5.74) is 11.3. The molecule has 0 aliphatic carbocycles. The number of carboxylic acids is 1. The lowest BCUT2D eigenvalue weighted by Crippen LogP contribution is -2.56. The molecule has 0 fully saturated rings. The normalized spacial score (nSPS) is 14.9. The summed E-state index contributed by atoms with van der Waals surface area (Å²) in [4.78, 5) is 48.8. The molecular weight excluding hydrogens is 422 g/mol. The number of aliphatic carboxylic acids is 1. The number of thioether (sulfide) groups is 1. The Morgan fingerprint density at radius 3 is 2.03 bits per heavy atom. The van der Waals surface area contributed by atoms with Crippen molar-refractivity contribution in [3.05, 3.63) is 0 Å². The maximum atomic E-state index is 12.7. The second kappa shape index (κ2) is 15.9. The van der Waals surface area contributed by atoms with Crippen molar-refractivity contribution < 1.29 is 24.3 Å². The smallest absolute Gasteiger partial charge is 0.326 e. The molecule has 180 valence electrons. The zero-order valence-electron chi connectivity index (χ0n) is 19.0. The third-order valence-corrected chi connectivity index (χ3v) is 5.26. The molecular formula is C20H39N5O5S. The molecule has 0 aliphatic heterocycles. The average Bonchev–Trinajstić information content (AvgIpc) is 2.69. The van der Waals surface area contributed by atoms with Crippen LogP contribution in [-0.2, 0) is 19.2 Å². The van der Waals surface area contributed by atoms with Gasteiger partial charge in [0, 0.05) is 0 Å². The van der Waals surface area contributed by atoms with Crippen molar-refractivity contribution in [1.82, 2.24) is 16.0 Å². The van der Waals surface area contributed by atoms with E-state index in [0.717, 1.165) is 0 Å². The molecule has 31 heavy (non-hydrogen) atoms. The number of carboxylic acid groups (broad SMARTS) is 1. The maximum Gasteiger partial charge on any atom is 0.326 e. The molecule has 0 spiro atoms. The third kappa shape index (κ3) is 12.6. The standard InChI is InChI=1S/C20H39N5O5S/c1-12(2)11-14(22)18(27)24-15(8-10-31-4)19(28)23-13(3)17(26)25-16(20(29)30)7-5-6-9-21/h12-16H,5-11,21-22H2,1-4H3,(H,23,28)(H,24,27)(H,25,26)(H,29,30). The molecule has 0 aromatic heterocycles. The van der Waals surface area contributed by atoms with Crippen molar-refractivity contribution in [2.75, 3.05) is 18.6 Å². The molecule has 10 nitrogen and oxygen atoms in total. The van der Waals surface area contributed by atoms with Gasteiger partial charge in [-0.15, -0.1) is 0 Å². The number of unbranched alkanes of at least 4 members (excludes halogenated alkanes) is 1. The summed E-state index contributed by atoms with van der Waals surface area (Å²) in [6, 6.07) is -3.59. The molecule has 3 amide bonds. The van der Waals surface area contributed by atoms with Crippen LogP contribution in [0.2, 0.25) is 0 Å². The lowest BCUT2D eigenvalue weighted by molar-refractivity contribution is -0.142. The van der Waals surface area contributed by atoms with Gasteiger partial charge in [0.2, 0.25) is 17.7 Å². The van der Waals surface area contributed by atoms with Crippen LogP contribution < -0.4 is 27.4 Å². The average molecular weight is 462 g/mol. The van der Waals surface area contributed by atoms with Gasteiger partial charge in [0.25, 0.3) is 0 Å². The zero-order chi connectivity index (χ0) is 24.0. The van der Waals surface area contributed by atoms with Crippen LogP contribution in [0.15, 0.2) is 0 Å². The summed E-state index contributed by atoms with van der Waals surface area (Å²) in [5.74, 6) is -1.83. The van der Waals surface area contributed by atoms with Crippen molar-refractivity contribution >= 4 is 35.5 Å². The molecule has 8 N–H and O–H groups in total. The van der Waals surface area contributed by atoms with Crippen LogP contribution in [0.4, 0.5) is 0 Å². The lowest BCUT2D eigenvalue weighted by atomic mass is 10.0. The van der Waals surface area contributed by atoms with Gasteiger partial charge in [0.15, 0.2) is 0 Å². The lowest BCUT2D eigenvalue weighted by Gasteiger charge is -2.24. The van der Waals surface area contributed by atoms with Gasteiger partial charge in [-0.3, -0.25) is 14.4 Å². The summed E-state index contributed by atoms with van der Waals surface area (Å²) in [7, 11) is 0. The van der Waals surface area contributed by atoms with E-state index in [0.29, 0.717) is 38.0 Å². The zero-order valence-corrected chi connectivity index (χ0v) is 19.8. The van der Waals surface area contributed by atoms with E-state index in [1.165, 1.54) is 18.7 Å². The van der Waals surface area contributed by atoms with E-state index in [4.69, 9.17) is 11.5 Å². The number of carbonyl (C=O) groups is 4. The number of hydrogen-bond donors (Lipinski definition) is 6. The fourth-order valence-corrected chi connectivity index (χ4v) is 3.30. The van der Waals surface area contributed by atoms with Gasteiger partial charge >= 0.3 is 5.97 Å². The number of nitrogens with two attached hydrogens (primary N) is 2. The molecule has 0 aromatic carbocycles. The molecule has 0 radical (unpaired) electrons. The van der Waals surface area contributed by atoms with Crippen molar-refractivity contribution in [2.24, 2.45) is 17.4 Å². The van der Waals surface area contributed by atoms with Crippen LogP contribution in [0, 0.1) is 5.92 Å². The van der Waals surface area contributed by atoms with Gasteiger partial charge < -0.3 is 32.5 Å². The summed E-state index contributed by atoms with van der Waals surface area (Å²) >= 11 is 1.52. The predicted molar refractivity (Wildman–Crippen MR) is 122 cm³/mol. The van der Waals surface area contributed by atoms with Crippen LogP contribution in [-0.4, -0.2) is 71.5 Å². The molecule has 11 heteroatoms. The first-order valence-electron chi connectivity index (χ1n) is 10.6. The van der Waals surface area contributed by atoms with Crippen LogP contribution in [0.3, 0.4) is 0 Å². The Labute approximate surface area is 189 Å². The molecule has 0 aliphatic rings. The van der Waals surface area contributed by atoms with Crippen LogP contribution >= 0.6 is 11.8 Å². The first-order valence-corrected chi connectivity index (χ1v) is 12.0. The van der Waals surface area contributed by atoms with Gasteiger partial charge in [-0.05, 0) is 63.5 Å². The Balaban J connectivity index is 4.95. The SMILES string of the molecule is CSCCC(NC(=O)C(N)CC(C)C)C(=O)NC(C)C(=O)NC(CCCCN)C(=O)O. The first kappa shape index (κ1) is 29.1. The van der Waals surface area contributed by atoms with Crippen molar-refractivity contribution in [1.29, 1.82) is 0 Å². The van der Waals surface area contributed by atoms with Crippen molar-refractivity contribution in [2.45, 2.75) is 77.0 Å². The topological polar surface area (TPSA) is 177 Å². The van der Waals surface area contributed by atoms with Gasteiger partial charge in [-0.1, -0.05) is 13.8 Å². The number of carbonyl (C=O) groups excluding carboxylic acids is 3. The van der Waals surface area contributed by atoms with E-state index >= 15 is 0 Å². The predicted octanol–water partition coefficient (Wildman–Crippen LogP) is -0.199. The summed E-state index contributed by atoms with van der Waals surface area (Å²) < 4.78 is 0. The Morgan fingerprint density at radius 1 is 0.903 bits per heavy atom. The number of rotatable bonds is 16. The minimum Gasteiger partial charge on any atom is -0.480 e. The Hall–Kier alpha value is -1.85. The molecule has 0 saturated carbocycles. The molecule has 4 atom stereocenters. The quantitative estimate of drug-likeness (QED) is 0.171. The van der Waals surface area contributed by atoms with E-state index in [1.807, 2.05) is 20.1 Å². The van der Waals surface area contributed by atoms with Gasteiger partial charge in [-0.2, -0.15) is 11.8 Å². The molecule has 0 aromatic rings. The van der Waals surface area contributed by atoms with E-state index in [2.05, 4.69) is 16.0 Å². The third-order valence-electron chi connectivity index (χ3n) is 4.62. The first-order chi connectivity index (χ1) is 14.5. The fraction of sp³-hybridized carbons (Fsp3) is 0.800. The Kier molecular flexibility index (Phi) is 14.9. The van der Waals surface area contributed by atoms with Crippen LogP contribution in [0.25, 0.3) is 0 Å². The van der Waals surface area contributed by atoms with Gasteiger partial charge in [-0.25, -0.2) is 4.79 Å². The minimum atomic E-state index is -1.15. The second-order valence-electron chi connectivity index (χ2n) is 7.99. The van der Waals surface area contributed by atoms with Gasteiger partial charge in [0.1, 0.15) is 18.1 Å². The van der Waals surface area contributed by atoms with Crippen molar-refractivity contribution in [3.63, 3.8) is 0 Å². The molecule has 0 bridgehead atoms. The van der Waals surface area contributed by atoms with E-state index in [1.54, 1.807) is 0 Å². The number of hydrogen-bond acceptors (Lipinski definition) is 7. The van der Waals surface area contributed by atoms with E-state index < -0.39 is 47.9 Å². The highest BCUT2D eigenvalue weighted by Crippen LogP contribution is 2.06. The number of nitrogens with one attached hydrogen (secondary N) is 3. The molecule has 0 heterocycles. The highest BCUT2D eigenvalue weighted by molar-refractivity contribution is 7.98. The van der Waals surface area contributed by atoms with Crippen LogP contribution in [0.1, 0.15) is 52.9 Å². The maximum absolute atomic E-state index is 12.7. The van der Waals surface area contributed by atoms with Gasteiger partial charge in [0.05, 0.1) is 6.04 Å². The summed E-state index contributed by atoms with van der Waals surface area (Å²) in [5, 5.41) is 17.0. The van der Waals surface area contributed by atoms with Crippen molar-refractivity contribution in [3.8, 4) is 0 Å². The van der Waals surface area contributed by atoms with E-state index in [-0.39, 0.29) is 12.3 Å². The minimum absolute atomic E-state index is 0.231. The Bertz CT molecular complexity index is 590. The highest BCUT2D eigenvalue weighted by Gasteiger charge is 2.28. The highest BCUT2D eigenvalue weighted by atomic mass is 32.2. The van der Waals surface area contributed by atoms with Crippen LogP contribution in [0.5, 0.6) is 0 Å². The molecule has 0 rings (SSSR count). The van der Waals surface area contributed by atoms with E-state index in [9.17, 15) is 24.3 Å².